The molecule has 1 unspecified atom stereocenters. The number of amides is 2. The molecule has 1 fully saturated rings. The first-order chi connectivity index (χ1) is 13.6. The van der Waals surface area contributed by atoms with E-state index in [1.807, 2.05) is 53.4 Å². The van der Waals surface area contributed by atoms with Gasteiger partial charge in [-0.25, -0.2) is 0 Å². The van der Waals surface area contributed by atoms with Crippen LogP contribution in [-0.4, -0.2) is 42.9 Å². The van der Waals surface area contributed by atoms with Gasteiger partial charge in [0.05, 0.1) is 6.04 Å². The minimum atomic E-state index is -0.132. The predicted octanol–water partition coefficient (Wildman–Crippen LogP) is 3.18. The monoisotopic (exact) mass is 397 g/mol. The molecule has 146 valence electrons. The molecule has 6 heteroatoms. The molecule has 1 N–H and O–H groups in total. The minimum absolute atomic E-state index is 0.0164. The fraction of sp³-hybridized carbons (Fsp3) is 0.364. The van der Waals surface area contributed by atoms with Crippen LogP contribution >= 0.6 is 11.6 Å². The van der Waals surface area contributed by atoms with Gasteiger partial charge >= 0.3 is 0 Å². The predicted molar refractivity (Wildman–Crippen MR) is 111 cm³/mol. The molecule has 2 aromatic carbocycles. The summed E-state index contributed by atoms with van der Waals surface area (Å²) in [5, 5.41) is 4.01. The first-order valence-electron chi connectivity index (χ1n) is 9.78. The number of piperazine rings is 1. The molecular weight excluding hydrogens is 374 g/mol. The topological polar surface area (TPSA) is 52.7 Å². The van der Waals surface area contributed by atoms with Gasteiger partial charge in [0.1, 0.15) is 6.54 Å². The van der Waals surface area contributed by atoms with Gasteiger partial charge in [-0.05, 0) is 36.1 Å². The van der Waals surface area contributed by atoms with Crippen LogP contribution in [0.25, 0.3) is 0 Å². The summed E-state index contributed by atoms with van der Waals surface area (Å²) in [4.78, 5) is 29.5. The van der Waals surface area contributed by atoms with Crippen molar-refractivity contribution in [1.82, 2.24) is 10.2 Å². The van der Waals surface area contributed by atoms with Crippen molar-refractivity contribution in [3.05, 3.63) is 64.7 Å². The van der Waals surface area contributed by atoms with Gasteiger partial charge in [0.25, 0.3) is 0 Å². The zero-order chi connectivity index (χ0) is 19.5. The van der Waals surface area contributed by atoms with Crippen molar-refractivity contribution >= 4 is 29.1 Å². The van der Waals surface area contributed by atoms with Crippen molar-refractivity contribution < 1.29 is 9.59 Å². The molecule has 1 saturated heterocycles. The summed E-state index contributed by atoms with van der Waals surface area (Å²) in [5.74, 6) is -0.0285. The molecule has 0 aliphatic carbocycles. The molecule has 0 saturated carbocycles. The summed E-state index contributed by atoms with van der Waals surface area (Å²) in [6.45, 7) is 2.05. The summed E-state index contributed by atoms with van der Waals surface area (Å²) in [6.07, 6.45) is 2.15. The Morgan fingerprint density at radius 3 is 2.75 bits per heavy atom. The second kappa shape index (κ2) is 8.33. The Bertz CT molecular complexity index is 886. The van der Waals surface area contributed by atoms with Gasteiger partial charge in [-0.2, -0.15) is 0 Å². The quantitative estimate of drug-likeness (QED) is 0.865. The molecular formula is C22H24ClN3O2. The first kappa shape index (κ1) is 19.0. The third-order valence-corrected chi connectivity index (χ3v) is 5.89. The Morgan fingerprint density at radius 1 is 1.11 bits per heavy atom. The van der Waals surface area contributed by atoms with Gasteiger partial charge < -0.3 is 15.1 Å². The molecule has 2 amide bonds. The zero-order valence-electron chi connectivity index (χ0n) is 15.7. The van der Waals surface area contributed by atoms with Crippen molar-refractivity contribution in [3.8, 4) is 0 Å². The van der Waals surface area contributed by atoms with Crippen molar-refractivity contribution in [2.45, 2.75) is 25.3 Å². The van der Waals surface area contributed by atoms with Gasteiger partial charge in [-0.1, -0.05) is 48.0 Å². The fourth-order valence-electron chi connectivity index (χ4n) is 4.11. The normalized spacial score (nSPS) is 19.9. The average Bonchev–Trinajstić information content (AvgIpc) is 2.87. The molecule has 1 atom stereocenters. The Kier molecular flexibility index (Phi) is 5.64. The van der Waals surface area contributed by atoms with Gasteiger partial charge in [0.2, 0.25) is 11.8 Å². The molecule has 5 nitrogen and oxygen atoms in total. The smallest absolute Gasteiger partial charge is 0.243 e. The zero-order valence-corrected chi connectivity index (χ0v) is 16.5. The second-order valence-corrected chi connectivity index (χ2v) is 7.70. The summed E-state index contributed by atoms with van der Waals surface area (Å²) >= 11 is 6.40. The van der Waals surface area contributed by atoms with Crippen molar-refractivity contribution in [3.63, 3.8) is 0 Å². The lowest BCUT2D eigenvalue weighted by Crippen LogP contribution is -2.52. The number of para-hydroxylation sites is 1. The summed E-state index contributed by atoms with van der Waals surface area (Å²) in [5.41, 5.74) is 2.93. The van der Waals surface area contributed by atoms with E-state index in [0.717, 1.165) is 36.2 Å². The van der Waals surface area contributed by atoms with Crippen LogP contribution in [0.5, 0.6) is 0 Å². The number of carbonyl (C=O) groups excluding carboxylic acids is 2. The highest BCUT2D eigenvalue weighted by Gasteiger charge is 2.32. The van der Waals surface area contributed by atoms with E-state index in [9.17, 15) is 9.59 Å². The van der Waals surface area contributed by atoms with E-state index in [1.54, 1.807) is 4.90 Å². The van der Waals surface area contributed by atoms with Gasteiger partial charge in [0, 0.05) is 36.8 Å². The standard InChI is InChI=1S/C22H24ClN3O2/c23-18-9-3-2-8-17(18)20-14-24-12-13-25(20)22(28)15-26-19-10-4-1-6-16(19)7-5-11-21(26)27/h1-4,6,8-10,20,24H,5,7,11-15H2. The number of rotatable bonds is 3. The Balaban J connectivity index is 1.60. The molecule has 0 aromatic heterocycles. The maximum atomic E-state index is 13.3. The third-order valence-electron chi connectivity index (χ3n) is 5.54. The van der Waals surface area contributed by atoms with E-state index in [-0.39, 0.29) is 24.4 Å². The maximum Gasteiger partial charge on any atom is 0.243 e. The lowest BCUT2D eigenvalue weighted by atomic mass is 10.0. The number of fused-ring (bicyclic) bond motifs is 1. The number of anilines is 1. The van der Waals surface area contributed by atoms with E-state index >= 15 is 0 Å². The molecule has 0 bridgehead atoms. The van der Waals surface area contributed by atoms with Crippen LogP contribution in [0, 0.1) is 0 Å². The van der Waals surface area contributed by atoms with Crippen LogP contribution in [-0.2, 0) is 16.0 Å². The van der Waals surface area contributed by atoms with E-state index in [2.05, 4.69) is 5.32 Å². The van der Waals surface area contributed by atoms with E-state index in [4.69, 9.17) is 11.6 Å². The van der Waals surface area contributed by atoms with E-state index in [0.29, 0.717) is 24.5 Å². The highest BCUT2D eigenvalue weighted by Crippen LogP contribution is 2.30. The van der Waals surface area contributed by atoms with Crippen molar-refractivity contribution in [1.29, 1.82) is 0 Å². The molecule has 0 spiro atoms. The number of hydrogen-bond donors (Lipinski definition) is 1. The van der Waals surface area contributed by atoms with Gasteiger partial charge in [-0.15, -0.1) is 0 Å². The number of hydrogen-bond acceptors (Lipinski definition) is 3. The molecule has 28 heavy (non-hydrogen) atoms. The highest BCUT2D eigenvalue weighted by atomic mass is 35.5. The van der Waals surface area contributed by atoms with Crippen molar-refractivity contribution in [2.24, 2.45) is 0 Å². The van der Waals surface area contributed by atoms with Crippen LogP contribution in [0.4, 0.5) is 5.69 Å². The summed E-state index contributed by atoms with van der Waals surface area (Å²) < 4.78 is 0. The van der Waals surface area contributed by atoms with E-state index < -0.39 is 0 Å². The van der Waals surface area contributed by atoms with Crippen LogP contribution in [0.15, 0.2) is 48.5 Å². The second-order valence-electron chi connectivity index (χ2n) is 7.29. The molecule has 2 aliphatic heterocycles. The summed E-state index contributed by atoms with van der Waals surface area (Å²) in [6, 6.07) is 15.4. The Hall–Kier alpha value is -2.37. The highest BCUT2D eigenvalue weighted by molar-refractivity contribution is 6.31. The Labute approximate surface area is 170 Å². The minimum Gasteiger partial charge on any atom is -0.331 e. The third kappa shape index (κ3) is 3.77. The number of carbonyl (C=O) groups is 2. The molecule has 2 aromatic rings. The largest absolute Gasteiger partial charge is 0.331 e. The summed E-state index contributed by atoms with van der Waals surface area (Å²) in [7, 11) is 0. The number of nitrogens with one attached hydrogen (secondary N) is 1. The number of benzene rings is 2. The lowest BCUT2D eigenvalue weighted by Gasteiger charge is -2.38. The average molecular weight is 398 g/mol. The van der Waals surface area contributed by atoms with Crippen LogP contribution in [0.3, 0.4) is 0 Å². The van der Waals surface area contributed by atoms with Gasteiger partial charge in [0.15, 0.2) is 0 Å². The maximum absolute atomic E-state index is 13.3. The van der Waals surface area contributed by atoms with Crippen LogP contribution < -0.4 is 10.2 Å². The number of aryl methyl sites for hydroxylation is 1. The lowest BCUT2D eigenvalue weighted by molar-refractivity contribution is -0.134. The molecule has 0 radical (unpaired) electrons. The SMILES string of the molecule is O=C1CCCc2ccccc2N1CC(=O)N1CCNCC1c1ccccc1Cl. The number of nitrogens with zero attached hydrogens (tertiary/aromatic N) is 2. The molecule has 2 aliphatic rings. The van der Waals surface area contributed by atoms with E-state index in [1.165, 1.54) is 0 Å². The first-order valence-corrected chi connectivity index (χ1v) is 10.2. The van der Waals surface area contributed by atoms with Crippen LogP contribution in [0.1, 0.15) is 30.0 Å². The van der Waals surface area contributed by atoms with Gasteiger partial charge in [-0.3, -0.25) is 9.59 Å². The number of halogens is 1. The fourth-order valence-corrected chi connectivity index (χ4v) is 4.37. The van der Waals surface area contributed by atoms with Crippen molar-refractivity contribution in [2.75, 3.05) is 31.1 Å². The van der Waals surface area contributed by atoms with Crippen LogP contribution in [0.2, 0.25) is 5.02 Å². The molecule has 2 heterocycles. The Morgan fingerprint density at radius 2 is 1.89 bits per heavy atom. The molecule has 4 rings (SSSR count).